The summed E-state index contributed by atoms with van der Waals surface area (Å²) in [6.45, 7) is 2.04. The number of hydrogen-bond acceptors (Lipinski definition) is 4. The van der Waals surface area contributed by atoms with Gasteiger partial charge >= 0.3 is 6.18 Å². The molecule has 0 spiro atoms. The van der Waals surface area contributed by atoms with E-state index in [-0.39, 0.29) is 6.04 Å². The Bertz CT molecular complexity index is 470. The highest BCUT2D eigenvalue weighted by molar-refractivity contribution is 5.37. The number of likely N-dealkylation sites (tertiary alicyclic amines) is 1. The molecule has 2 heterocycles. The molecule has 0 aliphatic carbocycles. The molecule has 1 aromatic rings. The topological polar surface area (TPSA) is 52.0 Å². The van der Waals surface area contributed by atoms with Crippen LogP contribution in [0.4, 0.5) is 19.0 Å². The Labute approximate surface area is 115 Å². The molecule has 1 N–H and O–H groups in total. The minimum absolute atomic E-state index is 0.189. The number of halogens is 3. The van der Waals surface area contributed by atoms with Crippen LogP contribution in [-0.2, 0) is 6.18 Å². The van der Waals surface area contributed by atoms with Crippen LogP contribution in [0.5, 0.6) is 0 Å². The second-order valence-corrected chi connectivity index (χ2v) is 4.78. The fourth-order valence-electron chi connectivity index (χ4n) is 2.19. The summed E-state index contributed by atoms with van der Waals surface area (Å²) < 4.78 is 37.2. The van der Waals surface area contributed by atoms with Crippen molar-refractivity contribution >= 4 is 5.82 Å². The van der Waals surface area contributed by atoms with Gasteiger partial charge in [-0.3, -0.25) is 4.90 Å². The van der Waals surface area contributed by atoms with E-state index in [1.807, 2.05) is 0 Å². The van der Waals surface area contributed by atoms with Gasteiger partial charge in [0.2, 0.25) is 0 Å². The number of nitrogens with zero attached hydrogens (tertiary/aromatic N) is 3. The zero-order valence-electron chi connectivity index (χ0n) is 10.8. The largest absolute Gasteiger partial charge is 0.417 e. The van der Waals surface area contributed by atoms with E-state index in [0.29, 0.717) is 12.4 Å². The third-order valence-corrected chi connectivity index (χ3v) is 3.32. The van der Waals surface area contributed by atoms with Crippen LogP contribution in [0.2, 0.25) is 0 Å². The zero-order chi connectivity index (χ0) is 14.6. The van der Waals surface area contributed by atoms with E-state index in [1.54, 1.807) is 0 Å². The summed E-state index contributed by atoms with van der Waals surface area (Å²) in [4.78, 5) is 5.85. The SMILES string of the molecule is N#CCN1CCC(Nc2ccc(C(F)(F)F)cn2)CC1. The lowest BCUT2D eigenvalue weighted by molar-refractivity contribution is -0.137. The van der Waals surface area contributed by atoms with Gasteiger partial charge in [-0.25, -0.2) is 4.98 Å². The maximum atomic E-state index is 12.4. The Morgan fingerprint density at radius 1 is 1.35 bits per heavy atom. The summed E-state index contributed by atoms with van der Waals surface area (Å²) >= 11 is 0. The lowest BCUT2D eigenvalue weighted by Gasteiger charge is -2.30. The van der Waals surface area contributed by atoms with Gasteiger partial charge in [0.1, 0.15) is 5.82 Å². The van der Waals surface area contributed by atoms with Crippen LogP contribution in [0.15, 0.2) is 18.3 Å². The average Bonchev–Trinajstić information content (AvgIpc) is 2.41. The van der Waals surface area contributed by atoms with Crippen molar-refractivity contribution in [2.45, 2.75) is 25.1 Å². The Morgan fingerprint density at radius 2 is 2.05 bits per heavy atom. The first-order chi connectivity index (χ1) is 9.49. The third-order valence-electron chi connectivity index (χ3n) is 3.32. The summed E-state index contributed by atoms with van der Waals surface area (Å²) in [5.41, 5.74) is -0.744. The molecule has 1 aliphatic heterocycles. The summed E-state index contributed by atoms with van der Waals surface area (Å²) in [6.07, 6.45) is -1.81. The first-order valence-electron chi connectivity index (χ1n) is 6.38. The molecule has 108 valence electrons. The number of hydrogen-bond donors (Lipinski definition) is 1. The molecule has 0 unspecified atom stereocenters. The van der Waals surface area contributed by atoms with E-state index in [9.17, 15) is 13.2 Å². The van der Waals surface area contributed by atoms with Gasteiger partial charge in [-0.05, 0) is 25.0 Å². The number of alkyl halides is 3. The molecule has 0 atom stereocenters. The highest BCUT2D eigenvalue weighted by Gasteiger charge is 2.30. The van der Waals surface area contributed by atoms with Crippen molar-refractivity contribution < 1.29 is 13.2 Å². The molecule has 20 heavy (non-hydrogen) atoms. The van der Waals surface area contributed by atoms with Gasteiger partial charge in [0.05, 0.1) is 18.2 Å². The van der Waals surface area contributed by atoms with Crippen LogP contribution in [0.3, 0.4) is 0 Å². The van der Waals surface area contributed by atoms with Crippen molar-refractivity contribution in [3.05, 3.63) is 23.9 Å². The predicted octanol–water partition coefficient (Wildman–Crippen LogP) is 2.50. The molecular weight excluding hydrogens is 269 g/mol. The summed E-state index contributed by atoms with van der Waals surface area (Å²) in [5.74, 6) is 0.455. The molecule has 1 saturated heterocycles. The van der Waals surface area contributed by atoms with Gasteiger partial charge < -0.3 is 5.32 Å². The fraction of sp³-hybridized carbons (Fsp3) is 0.538. The van der Waals surface area contributed by atoms with Crippen molar-refractivity contribution in [1.82, 2.24) is 9.88 Å². The molecule has 1 aromatic heterocycles. The van der Waals surface area contributed by atoms with Crippen LogP contribution >= 0.6 is 0 Å². The summed E-state index contributed by atoms with van der Waals surface area (Å²) in [5, 5.41) is 11.7. The number of rotatable bonds is 3. The maximum Gasteiger partial charge on any atom is 0.417 e. The normalized spacial score (nSPS) is 17.7. The minimum atomic E-state index is -4.35. The van der Waals surface area contributed by atoms with Crippen molar-refractivity contribution in [2.24, 2.45) is 0 Å². The summed E-state index contributed by atoms with van der Waals surface area (Å²) in [6, 6.07) is 4.68. The molecule has 0 aromatic carbocycles. The van der Waals surface area contributed by atoms with Gasteiger partial charge in [-0.1, -0.05) is 0 Å². The standard InChI is InChI=1S/C13H15F3N4/c14-13(15,16)10-1-2-12(18-9-10)19-11-3-6-20(7-4-11)8-5-17/h1-2,9,11H,3-4,6-8H2,(H,18,19). The second kappa shape index (κ2) is 6.09. The van der Waals surface area contributed by atoms with Crippen LogP contribution in [0, 0.1) is 11.3 Å². The van der Waals surface area contributed by atoms with Crippen LogP contribution in [0.1, 0.15) is 18.4 Å². The minimum Gasteiger partial charge on any atom is -0.367 e. The van der Waals surface area contributed by atoms with Crippen LogP contribution in [-0.4, -0.2) is 35.6 Å². The highest BCUT2D eigenvalue weighted by Crippen LogP contribution is 2.29. The molecule has 1 aliphatic rings. The van der Waals surface area contributed by atoms with Gasteiger partial charge in [0.15, 0.2) is 0 Å². The molecule has 0 radical (unpaired) electrons. The van der Waals surface area contributed by atoms with Gasteiger partial charge in [0, 0.05) is 25.3 Å². The molecular formula is C13H15F3N4. The first kappa shape index (κ1) is 14.6. The predicted molar refractivity (Wildman–Crippen MR) is 67.9 cm³/mol. The quantitative estimate of drug-likeness (QED) is 0.866. The fourth-order valence-corrected chi connectivity index (χ4v) is 2.19. The number of nitrogens with one attached hydrogen (secondary N) is 1. The lowest BCUT2D eigenvalue weighted by atomic mass is 10.1. The van der Waals surface area contributed by atoms with E-state index in [1.165, 1.54) is 6.07 Å². The number of anilines is 1. The van der Waals surface area contributed by atoms with E-state index in [0.717, 1.165) is 38.2 Å². The molecule has 1 fully saturated rings. The highest BCUT2D eigenvalue weighted by atomic mass is 19.4. The van der Waals surface area contributed by atoms with Gasteiger partial charge in [-0.15, -0.1) is 0 Å². The molecule has 0 saturated carbocycles. The Morgan fingerprint density at radius 3 is 2.55 bits per heavy atom. The van der Waals surface area contributed by atoms with Crippen LogP contribution in [0.25, 0.3) is 0 Å². The number of aromatic nitrogens is 1. The molecule has 7 heteroatoms. The van der Waals surface area contributed by atoms with Crippen molar-refractivity contribution in [1.29, 1.82) is 5.26 Å². The second-order valence-electron chi connectivity index (χ2n) is 4.78. The van der Waals surface area contributed by atoms with E-state index in [2.05, 4.69) is 21.3 Å². The zero-order valence-corrected chi connectivity index (χ0v) is 10.8. The van der Waals surface area contributed by atoms with Crippen molar-refractivity contribution in [3.63, 3.8) is 0 Å². The number of piperidine rings is 1. The van der Waals surface area contributed by atoms with Crippen LogP contribution < -0.4 is 5.32 Å². The Kier molecular flexibility index (Phi) is 4.45. The Balaban J connectivity index is 1.87. The third kappa shape index (κ3) is 3.84. The summed E-state index contributed by atoms with van der Waals surface area (Å²) in [7, 11) is 0. The van der Waals surface area contributed by atoms with Crippen molar-refractivity contribution in [3.8, 4) is 6.07 Å². The van der Waals surface area contributed by atoms with E-state index in [4.69, 9.17) is 5.26 Å². The molecule has 4 nitrogen and oxygen atoms in total. The van der Waals surface area contributed by atoms with Gasteiger partial charge in [-0.2, -0.15) is 18.4 Å². The monoisotopic (exact) mass is 284 g/mol. The lowest BCUT2D eigenvalue weighted by Crippen LogP contribution is -2.39. The first-order valence-corrected chi connectivity index (χ1v) is 6.38. The van der Waals surface area contributed by atoms with E-state index < -0.39 is 11.7 Å². The average molecular weight is 284 g/mol. The Hall–Kier alpha value is -1.81. The smallest absolute Gasteiger partial charge is 0.367 e. The maximum absolute atomic E-state index is 12.4. The number of nitriles is 1. The number of pyridine rings is 1. The van der Waals surface area contributed by atoms with Crippen molar-refractivity contribution in [2.75, 3.05) is 25.0 Å². The molecule has 2 rings (SSSR count). The van der Waals surface area contributed by atoms with E-state index >= 15 is 0 Å². The van der Waals surface area contributed by atoms with Gasteiger partial charge in [0.25, 0.3) is 0 Å². The molecule has 0 amide bonds. The molecule has 0 bridgehead atoms.